The minimum Gasteiger partial charge on any atom is -0.346 e. The maximum atomic E-state index is 13.5. The predicted molar refractivity (Wildman–Crippen MR) is 82.1 cm³/mol. The summed E-state index contributed by atoms with van der Waals surface area (Å²) in [5.41, 5.74) is -0.0422. The van der Waals surface area contributed by atoms with Crippen molar-refractivity contribution in [3.63, 3.8) is 0 Å². The molecule has 128 valence electrons. The third kappa shape index (κ3) is 2.36. The van der Waals surface area contributed by atoms with Crippen molar-refractivity contribution in [1.29, 1.82) is 5.26 Å². The van der Waals surface area contributed by atoms with Crippen LogP contribution in [0.15, 0.2) is 31.0 Å². The lowest BCUT2D eigenvalue weighted by Crippen LogP contribution is -2.34. The van der Waals surface area contributed by atoms with Crippen molar-refractivity contribution in [2.24, 2.45) is 5.41 Å². The summed E-state index contributed by atoms with van der Waals surface area (Å²) in [6.07, 6.45) is 1.55. The molecule has 0 bridgehead atoms. The fourth-order valence-corrected chi connectivity index (χ4v) is 3.30. The number of H-pyrrole nitrogens is 1. The van der Waals surface area contributed by atoms with E-state index in [1.165, 1.54) is 23.4 Å². The minimum absolute atomic E-state index is 0.0214. The lowest BCUT2D eigenvalue weighted by atomic mass is 9.93. The summed E-state index contributed by atoms with van der Waals surface area (Å²) >= 11 is 0. The summed E-state index contributed by atoms with van der Waals surface area (Å²) in [6, 6.07) is 2.63. The van der Waals surface area contributed by atoms with Crippen LogP contribution in [0.3, 0.4) is 0 Å². The Morgan fingerprint density at radius 3 is 2.84 bits per heavy atom. The standard InChI is InChI=1S/C16H13F3N6/c17-16(18,19)15(3-4-15)12(1-5-20)25-8-10(7-24-25)13-11-2-6-21-14(11)23-9-22-13/h2,6-9,12H,1,3-4H2,(H,21,22,23). The molecule has 0 amide bonds. The smallest absolute Gasteiger partial charge is 0.346 e. The van der Waals surface area contributed by atoms with Gasteiger partial charge < -0.3 is 4.98 Å². The molecule has 3 aromatic heterocycles. The van der Waals surface area contributed by atoms with Crippen molar-refractivity contribution in [3.8, 4) is 17.3 Å². The molecule has 1 unspecified atom stereocenters. The normalized spacial score (nSPS) is 17.4. The van der Waals surface area contributed by atoms with E-state index in [-0.39, 0.29) is 19.3 Å². The van der Waals surface area contributed by atoms with Crippen LogP contribution >= 0.6 is 0 Å². The number of alkyl halides is 3. The number of hydrogen-bond acceptors (Lipinski definition) is 4. The van der Waals surface area contributed by atoms with Crippen molar-refractivity contribution >= 4 is 11.0 Å². The highest BCUT2D eigenvalue weighted by atomic mass is 19.4. The molecule has 0 radical (unpaired) electrons. The molecule has 1 N–H and O–H groups in total. The number of halogens is 3. The third-order valence-corrected chi connectivity index (χ3v) is 4.82. The van der Waals surface area contributed by atoms with Gasteiger partial charge in [0.15, 0.2) is 0 Å². The molecule has 1 atom stereocenters. The van der Waals surface area contributed by atoms with Gasteiger partial charge in [-0.05, 0) is 18.9 Å². The molecule has 0 spiro atoms. The van der Waals surface area contributed by atoms with E-state index in [0.717, 1.165) is 5.39 Å². The molecule has 1 aliphatic carbocycles. The van der Waals surface area contributed by atoms with Gasteiger partial charge in [0.25, 0.3) is 0 Å². The average Bonchev–Trinajstić information content (AvgIpc) is 3.04. The fraction of sp³-hybridized carbons (Fsp3) is 0.375. The molecule has 0 aromatic carbocycles. The Morgan fingerprint density at radius 1 is 1.36 bits per heavy atom. The zero-order chi connectivity index (χ0) is 17.7. The van der Waals surface area contributed by atoms with Crippen molar-refractivity contribution in [3.05, 3.63) is 31.0 Å². The molecule has 0 aliphatic heterocycles. The zero-order valence-corrected chi connectivity index (χ0v) is 13.0. The van der Waals surface area contributed by atoms with Gasteiger partial charge in [0.2, 0.25) is 0 Å². The van der Waals surface area contributed by atoms with Crippen LogP contribution in [0.5, 0.6) is 0 Å². The lowest BCUT2D eigenvalue weighted by molar-refractivity contribution is -0.200. The monoisotopic (exact) mass is 346 g/mol. The third-order valence-electron chi connectivity index (χ3n) is 4.82. The molecule has 9 heteroatoms. The van der Waals surface area contributed by atoms with Crippen LogP contribution in [0, 0.1) is 16.7 Å². The van der Waals surface area contributed by atoms with Crippen LogP contribution in [0.2, 0.25) is 0 Å². The Hall–Kier alpha value is -2.89. The van der Waals surface area contributed by atoms with E-state index in [1.54, 1.807) is 12.3 Å². The number of rotatable bonds is 4. The van der Waals surface area contributed by atoms with Crippen molar-refractivity contribution < 1.29 is 13.2 Å². The van der Waals surface area contributed by atoms with E-state index in [1.807, 2.05) is 6.07 Å². The first-order chi connectivity index (χ1) is 12.0. The first kappa shape index (κ1) is 15.6. The van der Waals surface area contributed by atoms with E-state index in [4.69, 9.17) is 5.26 Å². The maximum absolute atomic E-state index is 13.5. The number of fused-ring (bicyclic) bond motifs is 1. The van der Waals surface area contributed by atoms with Gasteiger partial charge in [0, 0.05) is 23.3 Å². The second kappa shape index (κ2) is 5.31. The number of hydrogen-bond donors (Lipinski definition) is 1. The largest absolute Gasteiger partial charge is 0.396 e. The summed E-state index contributed by atoms with van der Waals surface area (Å²) in [5, 5.41) is 13.9. The van der Waals surface area contributed by atoms with Crippen LogP contribution in [-0.2, 0) is 0 Å². The average molecular weight is 346 g/mol. The molecule has 4 rings (SSSR count). The molecule has 1 fully saturated rings. The van der Waals surface area contributed by atoms with Gasteiger partial charge in [-0.25, -0.2) is 9.97 Å². The van der Waals surface area contributed by atoms with Crippen LogP contribution < -0.4 is 0 Å². The SMILES string of the molecule is N#CCC(n1cc(-c2ncnc3[nH]ccc23)cn1)C1(C(F)(F)F)CC1. The number of aromatic nitrogens is 5. The highest BCUT2D eigenvalue weighted by Crippen LogP contribution is 2.64. The van der Waals surface area contributed by atoms with Crippen LogP contribution in [-0.4, -0.2) is 30.9 Å². The second-order valence-electron chi connectivity index (χ2n) is 6.20. The van der Waals surface area contributed by atoms with Crippen molar-refractivity contribution in [2.45, 2.75) is 31.5 Å². The van der Waals surface area contributed by atoms with Gasteiger partial charge in [-0.3, -0.25) is 4.68 Å². The fourth-order valence-electron chi connectivity index (χ4n) is 3.30. The minimum atomic E-state index is -4.36. The second-order valence-corrected chi connectivity index (χ2v) is 6.20. The Labute approximate surface area is 140 Å². The van der Waals surface area contributed by atoms with Gasteiger partial charge in [-0.15, -0.1) is 0 Å². The molecule has 0 saturated heterocycles. The van der Waals surface area contributed by atoms with E-state index < -0.39 is 17.6 Å². The van der Waals surface area contributed by atoms with E-state index in [0.29, 0.717) is 16.9 Å². The Bertz CT molecular complexity index is 960. The molecule has 1 aliphatic rings. The van der Waals surface area contributed by atoms with Gasteiger partial charge in [0.1, 0.15) is 12.0 Å². The zero-order valence-electron chi connectivity index (χ0n) is 13.0. The summed E-state index contributed by atoms with van der Waals surface area (Å²) < 4.78 is 41.7. The van der Waals surface area contributed by atoms with E-state index in [2.05, 4.69) is 20.1 Å². The number of aromatic amines is 1. The summed E-state index contributed by atoms with van der Waals surface area (Å²) in [6.45, 7) is 0. The first-order valence-electron chi connectivity index (χ1n) is 7.72. The molecule has 1 saturated carbocycles. The first-order valence-corrected chi connectivity index (χ1v) is 7.72. The highest BCUT2D eigenvalue weighted by molar-refractivity contribution is 5.89. The molecular formula is C16H13F3N6. The van der Waals surface area contributed by atoms with E-state index in [9.17, 15) is 13.2 Å². The summed E-state index contributed by atoms with van der Waals surface area (Å²) in [7, 11) is 0. The quantitative estimate of drug-likeness (QED) is 0.782. The molecular weight excluding hydrogens is 333 g/mol. The highest BCUT2D eigenvalue weighted by Gasteiger charge is 2.67. The molecule has 3 aromatic rings. The van der Waals surface area contributed by atoms with Crippen LogP contribution in [0.4, 0.5) is 13.2 Å². The summed E-state index contributed by atoms with van der Waals surface area (Å²) in [4.78, 5) is 11.3. The lowest BCUT2D eigenvalue weighted by Gasteiger charge is -2.27. The predicted octanol–water partition coefficient (Wildman–Crippen LogP) is 3.62. The molecule has 6 nitrogen and oxygen atoms in total. The van der Waals surface area contributed by atoms with Crippen molar-refractivity contribution in [2.75, 3.05) is 0 Å². The maximum Gasteiger partial charge on any atom is 0.396 e. The Balaban J connectivity index is 1.75. The summed E-state index contributed by atoms with van der Waals surface area (Å²) in [5.74, 6) is 0. The van der Waals surface area contributed by atoms with Gasteiger partial charge in [-0.1, -0.05) is 0 Å². The topological polar surface area (TPSA) is 83.2 Å². The number of nitrogens with zero attached hydrogens (tertiary/aromatic N) is 5. The van der Waals surface area contributed by atoms with Crippen molar-refractivity contribution in [1.82, 2.24) is 24.7 Å². The number of nitriles is 1. The van der Waals surface area contributed by atoms with Gasteiger partial charge in [0.05, 0.1) is 35.8 Å². The molecule has 25 heavy (non-hydrogen) atoms. The Morgan fingerprint density at radius 2 is 2.16 bits per heavy atom. The van der Waals surface area contributed by atoms with Gasteiger partial charge in [-0.2, -0.15) is 23.5 Å². The number of nitrogens with one attached hydrogen (secondary N) is 1. The Kier molecular flexibility index (Phi) is 3.32. The molecule has 3 heterocycles. The van der Waals surface area contributed by atoms with E-state index >= 15 is 0 Å². The van der Waals surface area contributed by atoms with Crippen LogP contribution in [0.1, 0.15) is 25.3 Å². The van der Waals surface area contributed by atoms with Crippen LogP contribution in [0.25, 0.3) is 22.3 Å². The van der Waals surface area contributed by atoms with Gasteiger partial charge >= 0.3 is 6.18 Å².